The van der Waals surface area contributed by atoms with Gasteiger partial charge in [-0.15, -0.1) is 0 Å². The van der Waals surface area contributed by atoms with Crippen molar-refractivity contribution in [1.29, 1.82) is 0 Å². The average molecular weight is 108 g/mol. The second kappa shape index (κ2) is 0.778. The Kier molecular flexibility index (Phi) is 0.381. The number of hydrogen-bond acceptors (Lipinski definition) is 0. The van der Waals surface area contributed by atoms with E-state index < -0.39 is 0 Å². The van der Waals surface area contributed by atoms with Crippen LogP contribution in [0.2, 0.25) is 0 Å². The van der Waals surface area contributed by atoms with Crippen LogP contribution >= 0.6 is 0 Å². The van der Waals surface area contributed by atoms with Crippen LogP contribution < -0.4 is 0 Å². The summed E-state index contributed by atoms with van der Waals surface area (Å²) in [7, 11) is 0. The second-order valence-electron chi connectivity index (χ2n) is 4.06. The molecule has 0 N–H and O–H groups in total. The predicted octanol–water partition coefficient (Wildman–Crippen LogP) is 2.34. The standard InChI is InChI=1S/C8H12/c1-2-8-5-3-7(1,8)4-6-8/h1-6H2. The Labute approximate surface area is 50.3 Å². The Morgan fingerprint density at radius 3 is 0.750 bits per heavy atom. The van der Waals surface area contributed by atoms with Crippen molar-refractivity contribution >= 4 is 0 Å². The van der Waals surface area contributed by atoms with Gasteiger partial charge in [-0.25, -0.2) is 0 Å². The third-order valence-corrected chi connectivity index (χ3v) is 4.37. The second-order valence-corrected chi connectivity index (χ2v) is 4.06. The van der Waals surface area contributed by atoms with Crippen LogP contribution in [0.4, 0.5) is 0 Å². The molecule has 0 amide bonds. The van der Waals surface area contributed by atoms with E-state index in [0.29, 0.717) is 0 Å². The zero-order chi connectivity index (χ0) is 5.24. The van der Waals surface area contributed by atoms with Gasteiger partial charge >= 0.3 is 0 Å². The van der Waals surface area contributed by atoms with Gasteiger partial charge in [0.2, 0.25) is 0 Å². The van der Waals surface area contributed by atoms with Crippen molar-refractivity contribution in [2.24, 2.45) is 10.8 Å². The molecule has 0 radical (unpaired) electrons. The Hall–Kier alpha value is 0. The zero-order valence-corrected chi connectivity index (χ0v) is 5.24. The van der Waals surface area contributed by atoms with Gasteiger partial charge in [-0.2, -0.15) is 0 Å². The molecular formula is C8H12. The van der Waals surface area contributed by atoms with E-state index in [4.69, 9.17) is 0 Å². The molecule has 0 aliphatic heterocycles. The normalized spacial score (nSPS) is 66.0. The molecule has 0 heterocycles. The maximum atomic E-state index is 1.59. The van der Waals surface area contributed by atoms with E-state index in [1.807, 2.05) is 0 Å². The van der Waals surface area contributed by atoms with E-state index in [0.717, 1.165) is 10.8 Å². The van der Waals surface area contributed by atoms with E-state index in [-0.39, 0.29) is 0 Å². The molecule has 0 unspecified atom stereocenters. The lowest BCUT2D eigenvalue weighted by atomic mass is 9.28. The molecule has 0 atom stereocenters. The molecule has 3 rings (SSSR count). The van der Waals surface area contributed by atoms with Gasteiger partial charge < -0.3 is 0 Å². The van der Waals surface area contributed by atoms with Crippen LogP contribution in [0.25, 0.3) is 0 Å². The van der Waals surface area contributed by atoms with Gasteiger partial charge in [0.05, 0.1) is 0 Å². The molecule has 0 saturated heterocycles. The van der Waals surface area contributed by atoms with Crippen LogP contribution in [0.3, 0.4) is 0 Å². The average Bonchev–Trinajstić information content (AvgIpc) is 1.90. The Morgan fingerprint density at radius 1 is 0.500 bits per heavy atom. The van der Waals surface area contributed by atoms with Gasteiger partial charge in [0.25, 0.3) is 0 Å². The molecule has 3 fully saturated rings. The Balaban J connectivity index is 2.05. The van der Waals surface area contributed by atoms with Crippen molar-refractivity contribution in [2.75, 3.05) is 0 Å². The molecule has 3 aliphatic rings. The molecule has 0 aromatic heterocycles. The van der Waals surface area contributed by atoms with Crippen molar-refractivity contribution in [3.63, 3.8) is 0 Å². The van der Waals surface area contributed by atoms with Crippen LogP contribution in [-0.4, -0.2) is 0 Å². The maximum absolute atomic E-state index is 1.59. The zero-order valence-electron chi connectivity index (χ0n) is 5.24. The van der Waals surface area contributed by atoms with Gasteiger partial charge in [-0.3, -0.25) is 0 Å². The molecule has 0 heteroatoms. The first-order valence-electron chi connectivity index (χ1n) is 3.87. The van der Waals surface area contributed by atoms with E-state index >= 15 is 0 Å². The summed E-state index contributed by atoms with van der Waals surface area (Å²) in [5.74, 6) is 0. The fourth-order valence-corrected chi connectivity index (χ4v) is 3.25. The van der Waals surface area contributed by atoms with Gasteiger partial charge in [-0.1, -0.05) is 0 Å². The van der Waals surface area contributed by atoms with Gasteiger partial charge in [0.1, 0.15) is 0 Å². The lowest BCUT2D eigenvalue weighted by Crippen LogP contribution is -2.66. The fourth-order valence-electron chi connectivity index (χ4n) is 3.25. The quantitative estimate of drug-likeness (QED) is 0.447. The molecule has 0 spiro atoms. The highest BCUT2D eigenvalue weighted by Gasteiger charge is 2.70. The first-order valence-corrected chi connectivity index (χ1v) is 3.87. The molecule has 0 nitrogen and oxygen atoms in total. The minimum absolute atomic E-state index is 0.979. The van der Waals surface area contributed by atoms with Crippen molar-refractivity contribution in [1.82, 2.24) is 0 Å². The molecular weight excluding hydrogens is 96.1 g/mol. The predicted molar refractivity (Wildman–Crippen MR) is 32.6 cm³/mol. The summed E-state index contributed by atoms with van der Waals surface area (Å²) in [6.07, 6.45) is 9.54. The number of rotatable bonds is 0. The third-order valence-electron chi connectivity index (χ3n) is 4.37. The van der Waals surface area contributed by atoms with Gasteiger partial charge in [0, 0.05) is 0 Å². The van der Waals surface area contributed by atoms with E-state index in [1.165, 1.54) is 0 Å². The smallest absolute Gasteiger partial charge is 0.0240 e. The van der Waals surface area contributed by atoms with Crippen molar-refractivity contribution in [2.45, 2.75) is 38.5 Å². The molecule has 0 bridgehead atoms. The van der Waals surface area contributed by atoms with Crippen molar-refractivity contribution < 1.29 is 0 Å². The minimum atomic E-state index is 0.979. The Morgan fingerprint density at radius 2 is 0.750 bits per heavy atom. The summed E-state index contributed by atoms with van der Waals surface area (Å²) in [5.41, 5.74) is 1.96. The number of hydrogen-bond donors (Lipinski definition) is 0. The molecule has 8 heavy (non-hydrogen) atoms. The van der Waals surface area contributed by atoms with Crippen LogP contribution in [0.15, 0.2) is 0 Å². The molecule has 3 aliphatic carbocycles. The maximum Gasteiger partial charge on any atom is -0.0240 e. The monoisotopic (exact) mass is 108 g/mol. The summed E-state index contributed by atoms with van der Waals surface area (Å²) in [4.78, 5) is 0. The molecule has 0 aromatic rings. The third kappa shape index (κ3) is 0.167. The van der Waals surface area contributed by atoms with E-state index in [2.05, 4.69) is 0 Å². The van der Waals surface area contributed by atoms with Crippen LogP contribution in [0.1, 0.15) is 38.5 Å². The summed E-state index contributed by atoms with van der Waals surface area (Å²) >= 11 is 0. The molecule has 3 saturated carbocycles. The summed E-state index contributed by atoms with van der Waals surface area (Å²) in [6, 6.07) is 0. The first-order chi connectivity index (χ1) is 3.87. The molecule has 0 aromatic carbocycles. The van der Waals surface area contributed by atoms with Crippen molar-refractivity contribution in [3.05, 3.63) is 0 Å². The highest BCUT2D eigenvalue weighted by molar-refractivity contribution is 5.20. The highest BCUT2D eigenvalue weighted by Crippen LogP contribution is 2.81. The minimum Gasteiger partial charge on any atom is -0.0465 e. The lowest BCUT2D eigenvalue weighted by molar-refractivity contribution is -0.263. The summed E-state index contributed by atoms with van der Waals surface area (Å²) < 4.78 is 0. The summed E-state index contributed by atoms with van der Waals surface area (Å²) in [5, 5.41) is 0. The van der Waals surface area contributed by atoms with E-state index in [1.54, 1.807) is 38.5 Å². The lowest BCUT2D eigenvalue weighted by Gasteiger charge is -2.77. The van der Waals surface area contributed by atoms with Crippen LogP contribution in [0, 0.1) is 10.8 Å². The van der Waals surface area contributed by atoms with E-state index in [9.17, 15) is 0 Å². The Bertz CT molecular complexity index is 104. The summed E-state index contributed by atoms with van der Waals surface area (Å²) in [6.45, 7) is 0. The van der Waals surface area contributed by atoms with Gasteiger partial charge in [-0.05, 0) is 49.4 Å². The van der Waals surface area contributed by atoms with Crippen LogP contribution in [0.5, 0.6) is 0 Å². The largest absolute Gasteiger partial charge is 0.0465 e. The molecule has 44 valence electrons. The topological polar surface area (TPSA) is 0 Å². The SMILES string of the molecule is C1CC23CCC12CC3. The highest BCUT2D eigenvalue weighted by atomic mass is 14.7. The first kappa shape index (κ1) is 3.92. The van der Waals surface area contributed by atoms with Crippen molar-refractivity contribution in [3.8, 4) is 0 Å². The fraction of sp³-hybridized carbons (Fsp3) is 1.00. The van der Waals surface area contributed by atoms with Crippen LogP contribution in [-0.2, 0) is 0 Å². The van der Waals surface area contributed by atoms with Gasteiger partial charge in [0.15, 0.2) is 0 Å².